The fourth-order valence-electron chi connectivity index (χ4n) is 3.33. The fraction of sp³-hybridized carbons (Fsp3) is 0.727. The number of fused-ring (bicyclic) bond motifs is 1. The molecule has 1 aliphatic heterocycles. The van der Waals surface area contributed by atoms with Crippen LogP contribution >= 0.6 is 15.9 Å². The van der Waals surface area contributed by atoms with E-state index >= 15 is 0 Å². The van der Waals surface area contributed by atoms with Crippen LogP contribution in [-0.2, 0) is 5.54 Å². The maximum absolute atomic E-state index is 12.8. The number of nitrogens with zero attached hydrogens (tertiary/aromatic N) is 3. The van der Waals surface area contributed by atoms with Gasteiger partial charge in [0, 0.05) is 18.2 Å². The number of likely N-dealkylation sites (tertiary alicyclic amines) is 1. The predicted molar refractivity (Wildman–Crippen MR) is 61.0 cm³/mol. The van der Waals surface area contributed by atoms with E-state index in [-0.39, 0.29) is 24.0 Å². The van der Waals surface area contributed by atoms with Crippen LogP contribution in [0.2, 0.25) is 0 Å². The Hall–Kier alpha value is -0.490. The molecular formula is C11H12BrF2N3. The van der Waals surface area contributed by atoms with Crippen LogP contribution in [0.4, 0.5) is 8.78 Å². The Morgan fingerprint density at radius 1 is 1.35 bits per heavy atom. The molecule has 0 unspecified atom stereocenters. The van der Waals surface area contributed by atoms with Crippen molar-refractivity contribution < 1.29 is 8.78 Å². The van der Waals surface area contributed by atoms with Crippen molar-refractivity contribution in [2.45, 2.75) is 24.3 Å². The molecule has 0 atom stereocenters. The van der Waals surface area contributed by atoms with E-state index in [1.54, 1.807) is 6.20 Å². The Morgan fingerprint density at radius 2 is 2.06 bits per heavy atom. The van der Waals surface area contributed by atoms with Crippen molar-refractivity contribution in [2.24, 2.45) is 5.41 Å². The number of hydrogen-bond acceptors (Lipinski definition) is 2. The highest BCUT2D eigenvalue weighted by Gasteiger charge is 2.85. The van der Waals surface area contributed by atoms with Gasteiger partial charge in [-0.2, -0.15) is 5.10 Å². The molecule has 1 saturated heterocycles. The first kappa shape index (κ1) is 10.4. The third-order valence-electron chi connectivity index (χ3n) is 4.42. The normalized spacial score (nSPS) is 41.8. The standard InChI is InChI=1S/C11H12BrF2N3/c12-8-1-15-17(2-8)10-3-9(10,4-10)5-16-6-11(13,14)7-16/h1-2H,3-7H2. The zero-order valence-electron chi connectivity index (χ0n) is 9.17. The van der Waals surface area contributed by atoms with E-state index in [1.807, 2.05) is 15.8 Å². The molecule has 17 heavy (non-hydrogen) atoms. The van der Waals surface area contributed by atoms with Crippen molar-refractivity contribution in [3.8, 4) is 0 Å². The molecule has 0 amide bonds. The summed E-state index contributed by atoms with van der Waals surface area (Å²) in [5.74, 6) is -2.45. The van der Waals surface area contributed by atoms with Crippen LogP contribution in [0.15, 0.2) is 16.9 Å². The Bertz CT molecular complexity index is 485. The summed E-state index contributed by atoms with van der Waals surface area (Å²) in [7, 11) is 0. The van der Waals surface area contributed by atoms with Gasteiger partial charge in [-0.15, -0.1) is 0 Å². The van der Waals surface area contributed by atoms with Crippen molar-refractivity contribution in [3.05, 3.63) is 16.9 Å². The lowest BCUT2D eigenvalue weighted by Crippen LogP contribution is -2.57. The van der Waals surface area contributed by atoms with Gasteiger partial charge in [-0.1, -0.05) is 0 Å². The summed E-state index contributed by atoms with van der Waals surface area (Å²) >= 11 is 3.39. The second kappa shape index (κ2) is 2.74. The van der Waals surface area contributed by atoms with Gasteiger partial charge in [-0.25, -0.2) is 8.78 Å². The summed E-state index contributed by atoms with van der Waals surface area (Å²) in [4.78, 5) is 1.87. The first-order valence-electron chi connectivity index (χ1n) is 5.76. The molecule has 2 heterocycles. The Morgan fingerprint density at radius 3 is 2.59 bits per heavy atom. The van der Waals surface area contributed by atoms with E-state index in [4.69, 9.17) is 0 Å². The average Bonchev–Trinajstić information content (AvgIpc) is 2.87. The molecule has 3 fully saturated rings. The smallest absolute Gasteiger partial charge is 0.272 e. The monoisotopic (exact) mass is 303 g/mol. The zero-order chi connectivity index (χ0) is 11.9. The minimum Gasteiger partial charge on any atom is -0.291 e. The van der Waals surface area contributed by atoms with Gasteiger partial charge in [0.2, 0.25) is 0 Å². The minimum atomic E-state index is -2.45. The third-order valence-corrected chi connectivity index (χ3v) is 4.83. The maximum atomic E-state index is 12.8. The SMILES string of the molecule is FC1(F)CN(CC23CC2(n2cc(Br)cn2)C3)C1. The van der Waals surface area contributed by atoms with Gasteiger partial charge in [0.1, 0.15) is 0 Å². The molecule has 92 valence electrons. The molecule has 1 aromatic heterocycles. The molecule has 0 spiro atoms. The number of halogens is 3. The second-order valence-corrected chi connectivity index (χ2v) is 6.69. The Balaban J connectivity index is 1.44. The summed E-state index contributed by atoms with van der Waals surface area (Å²) in [6, 6.07) is 0. The number of rotatable bonds is 3. The molecule has 0 N–H and O–H groups in total. The molecule has 2 saturated carbocycles. The largest absolute Gasteiger partial charge is 0.291 e. The van der Waals surface area contributed by atoms with Crippen molar-refractivity contribution in [2.75, 3.05) is 19.6 Å². The van der Waals surface area contributed by atoms with Crippen LogP contribution in [0.1, 0.15) is 12.8 Å². The van der Waals surface area contributed by atoms with Crippen LogP contribution in [0.3, 0.4) is 0 Å². The predicted octanol–water partition coefficient (Wildman–Crippen LogP) is 2.09. The topological polar surface area (TPSA) is 21.1 Å². The molecule has 0 radical (unpaired) electrons. The summed E-state index contributed by atoms with van der Waals surface area (Å²) in [5.41, 5.74) is 0.402. The van der Waals surface area contributed by atoms with E-state index < -0.39 is 5.92 Å². The zero-order valence-corrected chi connectivity index (χ0v) is 10.8. The van der Waals surface area contributed by atoms with E-state index in [1.165, 1.54) is 0 Å². The quantitative estimate of drug-likeness (QED) is 0.852. The van der Waals surface area contributed by atoms with Crippen molar-refractivity contribution >= 4 is 15.9 Å². The molecule has 2 aliphatic carbocycles. The average molecular weight is 304 g/mol. The molecule has 0 bridgehead atoms. The first-order valence-corrected chi connectivity index (χ1v) is 6.55. The van der Waals surface area contributed by atoms with Gasteiger partial charge < -0.3 is 0 Å². The molecular weight excluding hydrogens is 292 g/mol. The summed E-state index contributed by atoms with van der Waals surface area (Å²) < 4.78 is 28.5. The van der Waals surface area contributed by atoms with Crippen LogP contribution < -0.4 is 0 Å². The molecule has 3 nitrogen and oxygen atoms in total. The summed E-state index contributed by atoms with van der Waals surface area (Å²) in [6.45, 7) is 0.682. The van der Waals surface area contributed by atoms with Crippen LogP contribution in [0, 0.1) is 5.41 Å². The molecule has 4 rings (SSSR count). The first-order chi connectivity index (χ1) is 7.95. The van der Waals surface area contributed by atoms with Gasteiger partial charge in [0.05, 0.1) is 29.3 Å². The second-order valence-electron chi connectivity index (χ2n) is 5.77. The fourth-order valence-corrected chi connectivity index (χ4v) is 3.61. The third kappa shape index (κ3) is 1.31. The highest BCUT2D eigenvalue weighted by Crippen LogP contribution is 2.83. The van der Waals surface area contributed by atoms with Gasteiger partial charge in [-0.3, -0.25) is 9.58 Å². The highest BCUT2D eigenvalue weighted by molar-refractivity contribution is 9.10. The molecule has 0 aromatic carbocycles. The van der Waals surface area contributed by atoms with Gasteiger partial charge in [-0.05, 0) is 28.8 Å². The lowest BCUT2D eigenvalue weighted by Gasteiger charge is -2.39. The van der Waals surface area contributed by atoms with Gasteiger partial charge in [0.15, 0.2) is 0 Å². The van der Waals surface area contributed by atoms with Crippen LogP contribution in [-0.4, -0.2) is 40.2 Å². The lowest BCUT2D eigenvalue weighted by atomic mass is 10.1. The van der Waals surface area contributed by atoms with E-state index in [9.17, 15) is 8.78 Å². The van der Waals surface area contributed by atoms with Crippen LogP contribution in [0.5, 0.6) is 0 Å². The van der Waals surface area contributed by atoms with E-state index in [0.717, 1.165) is 23.9 Å². The van der Waals surface area contributed by atoms with E-state index in [2.05, 4.69) is 21.0 Å². The lowest BCUT2D eigenvalue weighted by molar-refractivity contribution is -0.133. The molecule has 6 heteroatoms. The Kier molecular flexibility index (Phi) is 1.68. The summed E-state index contributed by atoms with van der Waals surface area (Å²) in [5, 5.41) is 4.32. The Labute approximate surface area is 106 Å². The van der Waals surface area contributed by atoms with E-state index in [0.29, 0.717) is 0 Å². The van der Waals surface area contributed by atoms with Gasteiger partial charge in [0.25, 0.3) is 5.92 Å². The number of alkyl halides is 2. The van der Waals surface area contributed by atoms with Crippen molar-refractivity contribution in [3.63, 3.8) is 0 Å². The van der Waals surface area contributed by atoms with Crippen molar-refractivity contribution in [1.82, 2.24) is 14.7 Å². The maximum Gasteiger partial charge on any atom is 0.272 e. The van der Waals surface area contributed by atoms with Crippen LogP contribution in [0.25, 0.3) is 0 Å². The van der Waals surface area contributed by atoms with Gasteiger partial charge >= 0.3 is 0 Å². The minimum absolute atomic E-state index is 0.0619. The molecule has 1 aromatic rings. The highest BCUT2D eigenvalue weighted by atomic mass is 79.9. The molecule has 3 aliphatic rings. The summed E-state index contributed by atoms with van der Waals surface area (Å²) in [6.07, 6.45) is 5.96. The number of aromatic nitrogens is 2. The number of hydrogen-bond donors (Lipinski definition) is 0. The van der Waals surface area contributed by atoms with Crippen molar-refractivity contribution in [1.29, 1.82) is 0 Å².